The number of halogens is 2. The summed E-state index contributed by atoms with van der Waals surface area (Å²) in [5.41, 5.74) is 3.99. The molecule has 1 unspecified atom stereocenters. The predicted octanol–water partition coefficient (Wildman–Crippen LogP) is 4.34. The number of hydrogen-bond donors (Lipinski definition) is 2. The topological polar surface area (TPSA) is 38.0 Å². The van der Waals surface area contributed by atoms with E-state index < -0.39 is 0 Å². The maximum absolute atomic E-state index is 6.22. The van der Waals surface area contributed by atoms with Crippen molar-refractivity contribution < 1.29 is 0 Å². The van der Waals surface area contributed by atoms with E-state index in [9.17, 15) is 0 Å². The number of hydrogen-bond acceptors (Lipinski definition) is 2. The number of rotatable bonds is 6. The van der Waals surface area contributed by atoms with Crippen molar-refractivity contribution in [2.75, 3.05) is 0 Å². The molecule has 1 aliphatic carbocycles. The van der Waals surface area contributed by atoms with E-state index in [0.29, 0.717) is 10.0 Å². The molecule has 0 aromatic heterocycles. The first-order valence-corrected chi connectivity index (χ1v) is 7.85. The molecule has 3 N–H and O–H groups in total. The summed E-state index contributed by atoms with van der Waals surface area (Å²) in [4.78, 5) is 0. The zero-order chi connectivity index (χ0) is 13.7. The Labute approximate surface area is 125 Å². The van der Waals surface area contributed by atoms with Crippen molar-refractivity contribution in [1.82, 2.24) is 5.43 Å². The second-order valence-electron chi connectivity index (χ2n) is 5.51. The zero-order valence-corrected chi connectivity index (χ0v) is 12.7. The number of hydrazine groups is 1. The lowest BCUT2D eigenvalue weighted by Crippen LogP contribution is -2.37. The second-order valence-corrected chi connectivity index (χ2v) is 6.29. The van der Waals surface area contributed by atoms with Crippen molar-refractivity contribution in [3.63, 3.8) is 0 Å². The Morgan fingerprint density at radius 1 is 1.26 bits per heavy atom. The van der Waals surface area contributed by atoms with Gasteiger partial charge in [-0.3, -0.25) is 11.3 Å². The van der Waals surface area contributed by atoms with Crippen molar-refractivity contribution >= 4 is 23.2 Å². The van der Waals surface area contributed by atoms with Crippen molar-refractivity contribution in [1.29, 1.82) is 0 Å². The van der Waals surface area contributed by atoms with Gasteiger partial charge in [0.1, 0.15) is 0 Å². The molecule has 106 valence electrons. The van der Waals surface area contributed by atoms with E-state index in [1.165, 1.54) is 32.1 Å². The van der Waals surface area contributed by atoms with Gasteiger partial charge in [0.25, 0.3) is 0 Å². The van der Waals surface area contributed by atoms with Gasteiger partial charge < -0.3 is 0 Å². The summed E-state index contributed by atoms with van der Waals surface area (Å²) in [6.07, 6.45) is 8.75. The van der Waals surface area contributed by atoms with Gasteiger partial charge in [0.2, 0.25) is 0 Å². The van der Waals surface area contributed by atoms with Crippen LogP contribution >= 0.6 is 23.2 Å². The maximum atomic E-state index is 6.22. The van der Waals surface area contributed by atoms with Crippen molar-refractivity contribution in [3.05, 3.63) is 33.8 Å². The van der Waals surface area contributed by atoms with E-state index in [4.69, 9.17) is 29.0 Å². The third-order valence-electron chi connectivity index (χ3n) is 4.13. The van der Waals surface area contributed by atoms with Gasteiger partial charge >= 0.3 is 0 Å². The monoisotopic (exact) mass is 300 g/mol. The average Bonchev–Trinajstić information content (AvgIpc) is 2.92. The highest BCUT2D eigenvalue weighted by atomic mass is 35.5. The van der Waals surface area contributed by atoms with Crippen LogP contribution in [0.1, 0.15) is 44.1 Å². The van der Waals surface area contributed by atoms with Crippen LogP contribution < -0.4 is 11.3 Å². The van der Waals surface area contributed by atoms with Gasteiger partial charge in [0.15, 0.2) is 0 Å². The molecule has 19 heavy (non-hydrogen) atoms. The van der Waals surface area contributed by atoms with E-state index >= 15 is 0 Å². The molecular formula is C15H22Cl2N2. The Hall–Kier alpha value is -0.280. The molecule has 1 aromatic rings. The fraction of sp³-hybridized carbons (Fsp3) is 0.600. The molecule has 1 aliphatic rings. The third kappa shape index (κ3) is 4.35. The normalized spacial score (nSPS) is 17.8. The van der Waals surface area contributed by atoms with E-state index in [0.717, 1.165) is 24.3 Å². The molecule has 0 aliphatic heterocycles. The van der Waals surface area contributed by atoms with E-state index in [-0.39, 0.29) is 6.04 Å². The molecule has 2 nitrogen and oxygen atoms in total. The Morgan fingerprint density at radius 3 is 2.68 bits per heavy atom. The first kappa shape index (κ1) is 15.1. The quantitative estimate of drug-likeness (QED) is 0.606. The van der Waals surface area contributed by atoms with Crippen molar-refractivity contribution in [2.45, 2.75) is 51.0 Å². The minimum absolute atomic E-state index is 0.275. The molecule has 4 heteroatoms. The molecule has 0 spiro atoms. The van der Waals surface area contributed by atoms with Crippen LogP contribution in [-0.2, 0) is 6.42 Å². The number of nitrogens with two attached hydrogens (primary N) is 1. The van der Waals surface area contributed by atoms with Crippen LogP contribution in [0.25, 0.3) is 0 Å². The lowest BCUT2D eigenvalue weighted by atomic mass is 9.95. The summed E-state index contributed by atoms with van der Waals surface area (Å²) >= 11 is 12.3. The van der Waals surface area contributed by atoms with Crippen LogP contribution in [0.3, 0.4) is 0 Å². The van der Waals surface area contributed by atoms with Crippen LogP contribution in [0.4, 0.5) is 0 Å². The largest absolute Gasteiger partial charge is 0.271 e. The van der Waals surface area contributed by atoms with E-state index in [2.05, 4.69) is 5.43 Å². The maximum Gasteiger partial charge on any atom is 0.0624 e. The molecule has 0 amide bonds. The van der Waals surface area contributed by atoms with Gasteiger partial charge in [0, 0.05) is 6.04 Å². The highest BCUT2D eigenvalue weighted by molar-refractivity contribution is 6.42. The first-order chi connectivity index (χ1) is 9.20. The summed E-state index contributed by atoms with van der Waals surface area (Å²) < 4.78 is 0. The van der Waals surface area contributed by atoms with Gasteiger partial charge in [-0.1, -0.05) is 61.0 Å². The smallest absolute Gasteiger partial charge is 0.0624 e. The second kappa shape index (κ2) is 7.49. The van der Waals surface area contributed by atoms with Crippen LogP contribution in [-0.4, -0.2) is 6.04 Å². The van der Waals surface area contributed by atoms with E-state index in [1.807, 2.05) is 18.2 Å². The van der Waals surface area contributed by atoms with Crippen LogP contribution in [0.15, 0.2) is 18.2 Å². The molecule has 1 aromatic carbocycles. The van der Waals surface area contributed by atoms with Crippen molar-refractivity contribution in [3.8, 4) is 0 Å². The number of nitrogens with one attached hydrogen (secondary N) is 1. The lowest BCUT2D eigenvalue weighted by molar-refractivity contribution is 0.407. The standard InChI is InChI=1S/C15H22Cl2N2/c16-14-7-3-6-12(15(14)17)10-13(19-18)9-8-11-4-1-2-5-11/h3,6-7,11,13,19H,1-2,4-5,8-10,18H2. The fourth-order valence-corrected chi connectivity index (χ4v) is 3.35. The molecule has 0 saturated heterocycles. The summed E-state index contributed by atoms with van der Waals surface area (Å²) in [5.74, 6) is 6.56. The molecule has 0 radical (unpaired) electrons. The molecule has 1 atom stereocenters. The van der Waals surface area contributed by atoms with Gasteiger partial charge in [-0.05, 0) is 36.8 Å². The van der Waals surface area contributed by atoms with Crippen LogP contribution in [0.5, 0.6) is 0 Å². The minimum Gasteiger partial charge on any atom is -0.271 e. The zero-order valence-electron chi connectivity index (χ0n) is 11.2. The Balaban J connectivity index is 1.88. The van der Waals surface area contributed by atoms with Crippen LogP contribution in [0, 0.1) is 5.92 Å². The Morgan fingerprint density at radius 2 is 2.00 bits per heavy atom. The first-order valence-electron chi connectivity index (χ1n) is 7.09. The predicted molar refractivity (Wildman–Crippen MR) is 82.5 cm³/mol. The Bertz CT molecular complexity index is 403. The lowest BCUT2D eigenvalue weighted by Gasteiger charge is -2.19. The average molecular weight is 301 g/mol. The highest BCUT2D eigenvalue weighted by Gasteiger charge is 2.18. The summed E-state index contributed by atoms with van der Waals surface area (Å²) in [7, 11) is 0. The van der Waals surface area contributed by atoms with E-state index in [1.54, 1.807) is 0 Å². The Kier molecular flexibility index (Phi) is 5.96. The SMILES string of the molecule is NNC(CCC1CCCC1)Cc1cccc(Cl)c1Cl. The molecular weight excluding hydrogens is 279 g/mol. The summed E-state index contributed by atoms with van der Waals surface area (Å²) in [6, 6.07) is 6.05. The summed E-state index contributed by atoms with van der Waals surface area (Å²) in [5, 5.41) is 1.27. The van der Waals surface area contributed by atoms with Crippen LogP contribution in [0.2, 0.25) is 10.0 Å². The highest BCUT2D eigenvalue weighted by Crippen LogP contribution is 2.30. The molecule has 0 bridgehead atoms. The molecule has 2 rings (SSSR count). The van der Waals surface area contributed by atoms with Gasteiger partial charge in [-0.2, -0.15) is 0 Å². The van der Waals surface area contributed by atoms with Gasteiger partial charge in [-0.15, -0.1) is 0 Å². The molecule has 1 fully saturated rings. The van der Waals surface area contributed by atoms with Gasteiger partial charge in [-0.25, -0.2) is 0 Å². The molecule has 0 heterocycles. The molecule has 1 saturated carbocycles. The minimum atomic E-state index is 0.275. The van der Waals surface area contributed by atoms with Crippen molar-refractivity contribution in [2.24, 2.45) is 11.8 Å². The van der Waals surface area contributed by atoms with Gasteiger partial charge in [0.05, 0.1) is 10.0 Å². The number of benzene rings is 1. The summed E-state index contributed by atoms with van der Waals surface area (Å²) in [6.45, 7) is 0. The fourth-order valence-electron chi connectivity index (χ4n) is 2.95. The third-order valence-corrected chi connectivity index (χ3v) is 4.99.